The van der Waals surface area contributed by atoms with Crippen molar-refractivity contribution >= 4 is 29.2 Å². The van der Waals surface area contributed by atoms with Gasteiger partial charge in [0.25, 0.3) is 5.91 Å². The van der Waals surface area contributed by atoms with Crippen LogP contribution >= 0.6 is 0 Å². The van der Waals surface area contributed by atoms with Gasteiger partial charge in [0, 0.05) is 36.1 Å². The number of hydrogen-bond acceptors (Lipinski definition) is 5. The van der Waals surface area contributed by atoms with Gasteiger partial charge in [0.05, 0.1) is 0 Å². The Balaban J connectivity index is 1.24. The van der Waals surface area contributed by atoms with Crippen molar-refractivity contribution < 1.29 is 23.9 Å². The molecule has 0 saturated carbocycles. The van der Waals surface area contributed by atoms with Gasteiger partial charge in [0.15, 0.2) is 11.5 Å². The lowest BCUT2D eigenvalue weighted by Crippen LogP contribution is -2.42. The highest BCUT2D eigenvalue weighted by atomic mass is 16.6. The van der Waals surface area contributed by atoms with E-state index in [0.717, 1.165) is 5.56 Å². The van der Waals surface area contributed by atoms with E-state index >= 15 is 0 Å². The highest BCUT2D eigenvalue weighted by Crippen LogP contribution is 2.35. The fourth-order valence-electron chi connectivity index (χ4n) is 3.90. The quantitative estimate of drug-likeness (QED) is 0.799. The van der Waals surface area contributed by atoms with E-state index in [1.807, 2.05) is 12.1 Å². The van der Waals surface area contributed by atoms with Crippen LogP contribution in [-0.2, 0) is 9.59 Å². The van der Waals surface area contributed by atoms with Crippen molar-refractivity contribution in [2.75, 3.05) is 43.1 Å². The van der Waals surface area contributed by atoms with Crippen molar-refractivity contribution in [3.05, 3.63) is 48.0 Å². The summed E-state index contributed by atoms with van der Waals surface area (Å²) in [5.41, 5.74) is 2.10. The van der Waals surface area contributed by atoms with Crippen LogP contribution in [0.2, 0.25) is 0 Å². The van der Waals surface area contributed by atoms with E-state index in [0.29, 0.717) is 49.2 Å². The molecule has 2 aromatic carbocycles. The Kier molecular flexibility index (Phi) is 4.42. The molecule has 2 N–H and O–H groups in total. The van der Waals surface area contributed by atoms with E-state index < -0.39 is 6.04 Å². The molecule has 1 atom stereocenters. The molecule has 4 amide bonds. The Morgan fingerprint density at radius 1 is 1.07 bits per heavy atom. The standard InChI is InChI=1S/C21H20N4O5/c26-18(23-19-14-3-1-2-4-15(14)22-20(19)27)12-24-7-8-25(21(24)28)13-5-6-16-17(11-13)30-10-9-29-16/h1-6,11,19H,7-10,12H2,(H,22,27)(H,23,26). The SMILES string of the molecule is O=C(CN1CCN(c2ccc3c(c2)OCCO3)C1=O)NC1C(=O)Nc2ccccc21. The molecule has 0 radical (unpaired) electrons. The van der Waals surface area contributed by atoms with E-state index in [1.54, 1.807) is 35.2 Å². The second-order valence-electron chi connectivity index (χ2n) is 7.26. The van der Waals surface area contributed by atoms with Crippen LogP contribution in [0.1, 0.15) is 11.6 Å². The Morgan fingerprint density at radius 2 is 1.87 bits per heavy atom. The number of para-hydroxylation sites is 1. The van der Waals surface area contributed by atoms with Crippen molar-refractivity contribution in [3.8, 4) is 11.5 Å². The number of amides is 4. The van der Waals surface area contributed by atoms with E-state index in [9.17, 15) is 14.4 Å². The predicted octanol–water partition coefficient (Wildman–Crippen LogP) is 1.51. The fourth-order valence-corrected chi connectivity index (χ4v) is 3.90. The third kappa shape index (κ3) is 3.18. The lowest BCUT2D eigenvalue weighted by atomic mass is 10.1. The maximum Gasteiger partial charge on any atom is 0.325 e. The first kappa shape index (κ1) is 18.3. The van der Waals surface area contributed by atoms with Crippen molar-refractivity contribution in [2.24, 2.45) is 0 Å². The molecule has 5 rings (SSSR count). The third-order valence-electron chi connectivity index (χ3n) is 5.36. The summed E-state index contributed by atoms with van der Waals surface area (Å²) in [6, 6.07) is 11.6. The summed E-state index contributed by atoms with van der Waals surface area (Å²) < 4.78 is 11.1. The second-order valence-corrected chi connectivity index (χ2v) is 7.26. The van der Waals surface area contributed by atoms with E-state index in [1.165, 1.54) is 4.90 Å². The zero-order chi connectivity index (χ0) is 20.7. The summed E-state index contributed by atoms with van der Waals surface area (Å²) in [6.45, 7) is 1.72. The van der Waals surface area contributed by atoms with Gasteiger partial charge in [-0.15, -0.1) is 0 Å². The molecular formula is C21H20N4O5. The number of anilines is 2. The maximum absolute atomic E-state index is 12.8. The van der Waals surface area contributed by atoms with Crippen molar-refractivity contribution in [1.82, 2.24) is 10.2 Å². The molecule has 3 aliphatic heterocycles. The highest BCUT2D eigenvalue weighted by molar-refractivity contribution is 6.05. The molecule has 154 valence electrons. The summed E-state index contributed by atoms with van der Waals surface area (Å²) >= 11 is 0. The molecular weight excluding hydrogens is 388 g/mol. The minimum Gasteiger partial charge on any atom is -0.486 e. The van der Waals surface area contributed by atoms with Gasteiger partial charge >= 0.3 is 6.03 Å². The fraction of sp³-hybridized carbons (Fsp3) is 0.286. The molecule has 0 spiro atoms. The minimum absolute atomic E-state index is 0.119. The molecule has 9 heteroatoms. The topological polar surface area (TPSA) is 100 Å². The smallest absolute Gasteiger partial charge is 0.325 e. The molecule has 1 saturated heterocycles. The number of hydrogen-bond donors (Lipinski definition) is 2. The number of nitrogens with zero attached hydrogens (tertiary/aromatic N) is 2. The van der Waals surface area contributed by atoms with E-state index in [4.69, 9.17) is 9.47 Å². The summed E-state index contributed by atoms with van der Waals surface area (Å²) in [7, 11) is 0. The lowest BCUT2D eigenvalue weighted by Gasteiger charge is -2.22. The van der Waals surface area contributed by atoms with Crippen LogP contribution in [0.3, 0.4) is 0 Å². The van der Waals surface area contributed by atoms with Gasteiger partial charge in [-0.2, -0.15) is 0 Å². The molecule has 0 aliphatic carbocycles. The molecule has 0 bridgehead atoms. The Bertz CT molecular complexity index is 1040. The summed E-state index contributed by atoms with van der Waals surface area (Å²) in [4.78, 5) is 40.6. The average Bonchev–Trinajstić information content (AvgIpc) is 3.27. The van der Waals surface area contributed by atoms with Gasteiger partial charge in [0.2, 0.25) is 5.91 Å². The third-order valence-corrected chi connectivity index (χ3v) is 5.36. The van der Waals surface area contributed by atoms with Crippen LogP contribution in [0.5, 0.6) is 11.5 Å². The van der Waals surface area contributed by atoms with Gasteiger partial charge in [0.1, 0.15) is 25.8 Å². The van der Waals surface area contributed by atoms with Crippen molar-refractivity contribution in [3.63, 3.8) is 0 Å². The van der Waals surface area contributed by atoms with Crippen LogP contribution in [0.25, 0.3) is 0 Å². The first-order chi connectivity index (χ1) is 14.6. The number of benzene rings is 2. The number of nitrogens with one attached hydrogen (secondary N) is 2. The first-order valence-corrected chi connectivity index (χ1v) is 9.75. The number of ether oxygens (including phenoxy) is 2. The van der Waals surface area contributed by atoms with Crippen LogP contribution in [0.4, 0.5) is 16.2 Å². The zero-order valence-corrected chi connectivity index (χ0v) is 16.1. The minimum atomic E-state index is -0.750. The van der Waals surface area contributed by atoms with E-state index in [2.05, 4.69) is 10.6 Å². The Hall–Kier alpha value is -3.75. The molecule has 3 aliphatic rings. The highest BCUT2D eigenvalue weighted by Gasteiger charge is 2.35. The van der Waals surface area contributed by atoms with Gasteiger partial charge in [-0.25, -0.2) is 4.79 Å². The summed E-state index contributed by atoms with van der Waals surface area (Å²) in [6.07, 6.45) is 0. The van der Waals surface area contributed by atoms with Crippen molar-refractivity contribution in [2.45, 2.75) is 6.04 Å². The molecule has 2 aromatic rings. The number of rotatable bonds is 4. The maximum atomic E-state index is 12.8. The normalized spacial score (nSPS) is 19.5. The Labute approximate surface area is 172 Å². The second kappa shape index (κ2) is 7.25. The zero-order valence-electron chi connectivity index (χ0n) is 16.1. The van der Waals surface area contributed by atoms with Crippen LogP contribution in [0.15, 0.2) is 42.5 Å². The predicted molar refractivity (Wildman–Crippen MR) is 108 cm³/mol. The first-order valence-electron chi connectivity index (χ1n) is 9.75. The Morgan fingerprint density at radius 3 is 2.73 bits per heavy atom. The van der Waals surface area contributed by atoms with E-state index in [-0.39, 0.29) is 24.4 Å². The van der Waals surface area contributed by atoms with Crippen LogP contribution in [-0.4, -0.2) is 55.6 Å². The number of carbonyl (C=O) groups is 3. The number of urea groups is 1. The molecule has 1 fully saturated rings. The lowest BCUT2D eigenvalue weighted by molar-refractivity contribution is -0.126. The van der Waals surface area contributed by atoms with Gasteiger partial charge in [-0.05, 0) is 18.2 Å². The van der Waals surface area contributed by atoms with Crippen LogP contribution in [0, 0.1) is 0 Å². The van der Waals surface area contributed by atoms with Gasteiger partial charge in [-0.1, -0.05) is 18.2 Å². The summed E-state index contributed by atoms with van der Waals surface area (Å²) in [5.74, 6) is 0.594. The summed E-state index contributed by atoms with van der Waals surface area (Å²) in [5, 5.41) is 5.47. The number of fused-ring (bicyclic) bond motifs is 2. The van der Waals surface area contributed by atoms with Gasteiger partial charge in [-0.3, -0.25) is 14.5 Å². The average molecular weight is 408 g/mol. The van der Waals surface area contributed by atoms with Gasteiger partial charge < -0.3 is 25.0 Å². The molecule has 30 heavy (non-hydrogen) atoms. The molecule has 3 heterocycles. The monoisotopic (exact) mass is 408 g/mol. The van der Waals surface area contributed by atoms with Crippen LogP contribution < -0.4 is 25.0 Å². The van der Waals surface area contributed by atoms with Crippen molar-refractivity contribution in [1.29, 1.82) is 0 Å². The molecule has 9 nitrogen and oxygen atoms in total. The number of carbonyl (C=O) groups excluding carboxylic acids is 3. The molecule has 1 unspecified atom stereocenters. The molecule has 0 aromatic heterocycles. The largest absolute Gasteiger partial charge is 0.486 e.